The molecule has 0 saturated carbocycles. The second-order valence-electron chi connectivity index (χ2n) is 9.50. The second-order valence-corrected chi connectivity index (χ2v) is 11.3. The number of furan rings is 1. The topological polar surface area (TPSA) is 124 Å². The molecule has 2 aromatic carbocycles. The van der Waals surface area contributed by atoms with E-state index in [0.717, 1.165) is 43.9 Å². The first-order valence-electron chi connectivity index (χ1n) is 12.7. The lowest BCUT2D eigenvalue weighted by atomic mass is 10.2. The molecule has 1 fully saturated rings. The molecule has 3 heterocycles. The molecule has 0 aliphatic carbocycles. The molecule has 10 nitrogen and oxygen atoms in total. The lowest BCUT2D eigenvalue weighted by molar-refractivity contribution is -0.137. The SMILES string of the molecule is CCn1c(=O)c(CNC(=O)[C@@H]2CCCN2S(=O)(=O)c2cc3ccccc3o2)cn(-c2ccc(C(F)(F)F)cc2)c1=O. The van der Waals surface area contributed by atoms with Gasteiger partial charge < -0.3 is 9.73 Å². The molecular weight excluding hydrogens is 565 g/mol. The predicted molar refractivity (Wildman–Crippen MR) is 142 cm³/mol. The van der Waals surface area contributed by atoms with Crippen LogP contribution in [0, 0.1) is 0 Å². The minimum absolute atomic E-state index is 0.00983. The Labute approximate surface area is 231 Å². The number of alkyl halides is 3. The van der Waals surface area contributed by atoms with Gasteiger partial charge in [0.25, 0.3) is 15.6 Å². The average molecular weight is 591 g/mol. The van der Waals surface area contributed by atoms with Crippen molar-refractivity contribution >= 4 is 26.9 Å². The van der Waals surface area contributed by atoms with Crippen LogP contribution in [-0.2, 0) is 34.1 Å². The van der Waals surface area contributed by atoms with Crippen molar-refractivity contribution in [2.75, 3.05) is 6.54 Å². The summed E-state index contributed by atoms with van der Waals surface area (Å²) in [6.07, 6.45) is -2.72. The Morgan fingerprint density at radius 2 is 1.80 bits per heavy atom. The van der Waals surface area contributed by atoms with Gasteiger partial charge in [-0.05, 0) is 50.1 Å². The van der Waals surface area contributed by atoms with E-state index in [1.807, 2.05) is 0 Å². The van der Waals surface area contributed by atoms with Crippen LogP contribution in [0.3, 0.4) is 0 Å². The van der Waals surface area contributed by atoms with Crippen LogP contribution in [0.25, 0.3) is 16.7 Å². The van der Waals surface area contributed by atoms with E-state index in [-0.39, 0.29) is 42.4 Å². The molecule has 2 aromatic heterocycles. The molecule has 0 spiro atoms. The largest absolute Gasteiger partial charge is 0.443 e. The first-order valence-corrected chi connectivity index (χ1v) is 14.2. The fourth-order valence-corrected chi connectivity index (χ4v) is 6.45. The molecule has 0 unspecified atom stereocenters. The van der Waals surface area contributed by atoms with Gasteiger partial charge in [0, 0.05) is 37.3 Å². The molecular formula is C27H25F3N4O6S. The maximum absolute atomic E-state index is 13.3. The zero-order valence-corrected chi connectivity index (χ0v) is 22.5. The minimum Gasteiger partial charge on any atom is -0.443 e. The number of fused-ring (bicyclic) bond motifs is 1. The van der Waals surface area contributed by atoms with Crippen molar-refractivity contribution in [1.29, 1.82) is 0 Å². The van der Waals surface area contributed by atoms with E-state index in [4.69, 9.17) is 4.42 Å². The van der Waals surface area contributed by atoms with Crippen LogP contribution in [0.1, 0.15) is 30.9 Å². The third-order valence-electron chi connectivity index (χ3n) is 6.96. The van der Waals surface area contributed by atoms with E-state index < -0.39 is 45.0 Å². The van der Waals surface area contributed by atoms with Gasteiger partial charge in [-0.2, -0.15) is 17.5 Å². The summed E-state index contributed by atoms with van der Waals surface area (Å²) < 4.78 is 74.2. The van der Waals surface area contributed by atoms with Gasteiger partial charge >= 0.3 is 11.9 Å². The molecule has 5 rings (SSSR count). The van der Waals surface area contributed by atoms with Crippen molar-refractivity contribution in [3.05, 3.63) is 92.8 Å². The Bertz CT molecular complexity index is 1810. The molecule has 0 radical (unpaired) electrons. The smallest absolute Gasteiger partial charge is 0.416 e. The van der Waals surface area contributed by atoms with E-state index >= 15 is 0 Å². The van der Waals surface area contributed by atoms with E-state index in [1.165, 1.54) is 6.07 Å². The van der Waals surface area contributed by atoms with Crippen LogP contribution in [0.4, 0.5) is 13.2 Å². The van der Waals surface area contributed by atoms with Gasteiger partial charge in [-0.25, -0.2) is 13.2 Å². The van der Waals surface area contributed by atoms with Crippen LogP contribution < -0.4 is 16.6 Å². The quantitative estimate of drug-likeness (QED) is 0.353. The first kappa shape index (κ1) is 28.4. The fraction of sp³-hybridized carbons (Fsp3) is 0.296. The number of benzene rings is 2. The monoisotopic (exact) mass is 590 g/mol. The summed E-state index contributed by atoms with van der Waals surface area (Å²) in [5.41, 5.74) is -1.86. The highest BCUT2D eigenvalue weighted by Gasteiger charge is 2.41. The number of halogens is 3. The third kappa shape index (κ3) is 5.32. The van der Waals surface area contributed by atoms with Crippen molar-refractivity contribution < 1.29 is 30.8 Å². The number of rotatable bonds is 7. The number of carbonyl (C=O) groups excluding carboxylic acids is 1. The predicted octanol–water partition coefficient (Wildman–Crippen LogP) is 3.25. The van der Waals surface area contributed by atoms with Gasteiger partial charge in [0.15, 0.2) is 0 Å². The van der Waals surface area contributed by atoms with E-state index in [9.17, 15) is 36.0 Å². The third-order valence-corrected chi connectivity index (χ3v) is 8.72. The Morgan fingerprint density at radius 1 is 1.10 bits per heavy atom. The molecule has 41 heavy (non-hydrogen) atoms. The summed E-state index contributed by atoms with van der Waals surface area (Å²) in [4.78, 5) is 39.0. The molecule has 1 aliphatic heterocycles. The molecule has 216 valence electrons. The number of amides is 1. The lowest BCUT2D eigenvalue weighted by Gasteiger charge is -2.22. The van der Waals surface area contributed by atoms with Gasteiger partial charge in [-0.15, -0.1) is 0 Å². The molecule has 0 bridgehead atoms. The number of nitrogens with one attached hydrogen (secondary N) is 1. The van der Waals surface area contributed by atoms with Crippen LogP contribution in [-0.4, -0.2) is 40.4 Å². The minimum atomic E-state index is -4.56. The number of carbonyl (C=O) groups is 1. The molecule has 1 amide bonds. The second kappa shape index (κ2) is 10.7. The first-order chi connectivity index (χ1) is 19.4. The number of sulfonamides is 1. The maximum Gasteiger partial charge on any atom is 0.416 e. The van der Waals surface area contributed by atoms with E-state index in [2.05, 4.69) is 5.32 Å². The number of para-hydroxylation sites is 1. The lowest BCUT2D eigenvalue weighted by Crippen LogP contribution is -2.47. The summed E-state index contributed by atoms with van der Waals surface area (Å²) >= 11 is 0. The van der Waals surface area contributed by atoms with Crippen LogP contribution >= 0.6 is 0 Å². The maximum atomic E-state index is 13.3. The van der Waals surface area contributed by atoms with Gasteiger partial charge in [0.1, 0.15) is 11.6 Å². The number of hydrogen-bond acceptors (Lipinski definition) is 6. The Balaban J connectivity index is 1.39. The molecule has 1 N–H and O–H groups in total. The van der Waals surface area contributed by atoms with Gasteiger partial charge in [-0.1, -0.05) is 18.2 Å². The number of hydrogen-bond donors (Lipinski definition) is 1. The number of nitrogens with zero attached hydrogens (tertiary/aromatic N) is 3. The van der Waals surface area contributed by atoms with E-state index in [0.29, 0.717) is 17.4 Å². The summed E-state index contributed by atoms with van der Waals surface area (Å²) in [6, 6.07) is 11.0. The van der Waals surface area contributed by atoms with Crippen LogP contribution in [0.5, 0.6) is 0 Å². The van der Waals surface area contributed by atoms with Gasteiger partial charge in [0.2, 0.25) is 11.0 Å². The molecule has 1 aliphatic rings. The van der Waals surface area contributed by atoms with Crippen molar-refractivity contribution in [3.63, 3.8) is 0 Å². The summed E-state index contributed by atoms with van der Waals surface area (Å²) in [6.45, 7) is 1.29. The number of aromatic nitrogens is 2. The highest BCUT2D eigenvalue weighted by molar-refractivity contribution is 7.89. The van der Waals surface area contributed by atoms with Crippen molar-refractivity contribution in [2.45, 2.75) is 50.2 Å². The molecule has 1 atom stereocenters. The van der Waals surface area contributed by atoms with Crippen LogP contribution in [0.2, 0.25) is 0 Å². The Hall–Kier alpha value is -4.17. The molecule has 14 heteroatoms. The van der Waals surface area contributed by atoms with Gasteiger partial charge in [0.05, 0.1) is 16.8 Å². The van der Waals surface area contributed by atoms with Crippen molar-refractivity contribution in [2.24, 2.45) is 0 Å². The van der Waals surface area contributed by atoms with E-state index in [1.54, 1.807) is 31.2 Å². The zero-order valence-electron chi connectivity index (χ0n) is 21.7. The highest BCUT2D eigenvalue weighted by Crippen LogP contribution is 2.31. The Kier molecular flexibility index (Phi) is 7.38. The summed E-state index contributed by atoms with van der Waals surface area (Å²) in [5, 5.41) is 2.90. The fourth-order valence-electron chi connectivity index (χ4n) is 4.84. The highest BCUT2D eigenvalue weighted by atomic mass is 32.2. The van der Waals surface area contributed by atoms with Crippen molar-refractivity contribution in [3.8, 4) is 5.69 Å². The standard InChI is InChI=1S/C27H25F3N4O6S/c1-2-32-25(36)18(16-33(26(32)37)20-11-9-19(10-12-20)27(28,29)30)15-31-24(35)21-7-5-13-34(21)41(38,39)23-14-17-6-3-4-8-22(17)40-23/h3-4,6,8-12,14,16,21H,2,5,7,13,15H2,1H3,(H,31,35)/t21-/m0/s1. The van der Waals surface area contributed by atoms with Crippen LogP contribution in [0.15, 0.2) is 79.9 Å². The average Bonchev–Trinajstić information content (AvgIpc) is 3.61. The normalized spacial score (nSPS) is 16.3. The summed E-state index contributed by atoms with van der Waals surface area (Å²) in [7, 11) is -4.14. The summed E-state index contributed by atoms with van der Waals surface area (Å²) in [5.74, 6) is -0.642. The van der Waals surface area contributed by atoms with Crippen molar-refractivity contribution in [1.82, 2.24) is 18.8 Å². The zero-order chi connectivity index (χ0) is 29.5. The molecule has 4 aromatic rings. The Morgan fingerprint density at radius 3 is 2.46 bits per heavy atom. The van der Waals surface area contributed by atoms with Gasteiger partial charge in [-0.3, -0.25) is 18.7 Å². The molecule has 1 saturated heterocycles.